The quantitative estimate of drug-likeness (QED) is 0.873. The van der Waals surface area contributed by atoms with Gasteiger partial charge in [0, 0.05) is 4.88 Å². The number of nitrogens with two attached hydrogens (primary N) is 1. The van der Waals surface area contributed by atoms with Gasteiger partial charge in [0.1, 0.15) is 0 Å². The van der Waals surface area contributed by atoms with Gasteiger partial charge in [-0.1, -0.05) is 12.1 Å². The molecule has 5 nitrogen and oxygen atoms in total. The van der Waals surface area contributed by atoms with E-state index in [9.17, 15) is 13.2 Å². The molecule has 7 heteroatoms. The minimum Gasteiger partial charge on any atom is -0.378 e. The van der Waals surface area contributed by atoms with Crippen molar-refractivity contribution in [2.24, 2.45) is 5.73 Å². The fourth-order valence-corrected chi connectivity index (χ4v) is 3.64. The normalized spacial score (nSPS) is 11.2. The number of hydrogen-bond acceptors (Lipinski definition) is 5. The second-order valence-corrected chi connectivity index (χ2v) is 6.82. The van der Waals surface area contributed by atoms with Gasteiger partial charge >= 0.3 is 10.1 Å². The summed E-state index contributed by atoms with van der Waals surface area (Å²) < 4.78 is 29.1. The van der Waals surface area contributed by atoms with Gasteiger partial charge in [0.2, 0.25) is 0 Å². The van der Waals surface area contributed by atoms with Crippen molar-refractivity contribution < 1.29 is 17.4 Å². The van der Waals surface area contributed by atoms with Crippen LogP contribution in [0.15, 0.2) is 40.6 Å². The predicted molar refractivity (Wildman–Crippen MR) is 71.8 cm³/mol. The maximum Gasteiger partial charge on any atom is 0.348 e. The van der Waals surface area contributed by atoms with Crippen LogP contribution < -0.4 is 9.92 Å². The highest BCUT2D eigenvalue weighted by Gasteiger charge is 2.21. The Hall–Kier alpha value is -1.86. The standard InChI is InChI=1S/C12H11NO4S2/c1-8-6-7-11(18-8)19(15,16)17-10-5-3-2-4-9(10)12(13)14/h2-7H,1H3,(H2,13,14). The number of benzene rings is 1. The largest absolute Gasteiger partial charge is 0.378 e. The second-order valence-electron chi connectivity index (χ2n) is 3.76. The number of aryl methyl sites for hydroxylation is 1. The van der Waals surface area contributed by atoms with E-state index in [1.807, 2.05) is 0 Å². The fraction of sp³-hybridized carbons (Fsp3) is 0.0833. The van der Waals surface area contributed by atoms with Crippen LogP contribution >= 0.6 is 11.3 Å². The lowest BCUT2D eigenvalue weighted by Crippen LogP contribution is -2.15. The molecule has 0 saturated heterocycles. The Morgan fingerprint density at radius 1 is 1.21 bits per heavy atom. The summed E-state index contributed by atoms with van der Waals surface area (Å²) in [4.78, 5) is 12.1. The lowest BCUT2D eigenvalue weighted by molar-refractivity contribution is 0.0999. The van der Waals surface area contributed by atoms with Gasteiger partial charge < -0.3 is 9.92 Å². The third-order valence-corrected chi connectivity index (χ3v) is 5.00. The first-order chi connectivity index (χ1) is 8.90. The molecular weight excluding hydrogens is 286 g/mol. The first-order valence-corrected chi connectivity index (χ1v) is 7.52. The minimum atomic E-state index is -3.94. The van der Waals surface area contributed by atoms with E-state index in [4.69, 9.17) is 9.92 Å². The summed E-state index contributed by atoms with van der Waals surface area (Å²) in [5, 5.41) is 0. The van der Waals surface area contributed by atoms with E-state index in [2.05, 4.69) is 0 Å². The van der Waals surface area contributed by atoms with E-state index in [1.165, 1.54) is 18.2 Å². The average Bonchev–Trinajstić information content (AvgIpc) is 2.76. The van der Waals surface area contributed by atoms with Gasteiger partial charge in [-0.2, -0.15) is 8.42 Å². The molecule has 0 atom stereocenters. The van der Waals surface area contributed by atoms with E-state index in [-0.39, 0.29) is 15.5 Å². The van der Waals surface area contributed by atoms with Crippen LogP contribution in [0.25, 0.3) is 0 Å². The Bertz CT molecular complexity index is 719. The molecule has 0 unspecified atom stereocenters. The molecule has 1 amide bonds. The lowest BCUT2D eigenvalue weighted by Gasteiger charge is -2.08. The summed E-state index contributed by atoms with van der Waals surface area (Å²) in [6.07, 6.45) is 0. The molecule has 0 fully saturated rings. The molecule has 100 valence electrons. The number of rotatable bonds is 4. The number of primary amides is 1. The van der Waals surface area contributed by atoms with Crippen LogP contribution in [0.2, 0.25) is 0 Å². The molecular formula is C12H11NO4S2. The van der Waals surface area contributed by atoms with Gasteiger partial charge in [-0.15, -0.1) is 11.3 Å². The molecule has 1 aromatic carbocycles. The maximum atomic E-state index is 12.0. The molecule has 2 aromatic rings. The van der Waals surface area contributed by atoms with Crippen LogP contribution in [0.4, 0.5) is 0 Å². The summed E-state index contributed by atoms with van der Waals surface area (Å²) in [5.74, 6) is -0.811. The SMILES string of the molecule is Cc1ccc(S(=O)(=O)Oc2ccccc2C(N)=O)s1. The highest BCUT2D eigenvalue weighted by Crippen LogP contribution is 2.26. The Kier molecular flexibility index (Phi) is 3.59. The Morgan fingerprint density at radius 3 is 2.47 bits per heavy atom. The molecule has 1 heterocycles. The van der Waals surface area contributed by atoms with Crippen LogP contribution in [0, 0.1) is 6.92 Å². The molecule has 0 aliphatic carbocycles. The van der Waals surface area contributed by atoms with Crippen molar-refractivity contribution in [2.75, 3.05) is 0 Å². The zero-order valence-corrected chi connectivity index (χ0v) is 11.6. The smallest absolute Gasteiger partial charge is 0.348 e. The third kappa shape index (κ3) is 2.94. The van der Waals surface area contributed by atoms with Crippen molar-refractivity contribution in [3.05, 3.63) is 46.8 Å². The molecule has 2 rings (SSSR count). The zero-order chi connectivity index (χ0) is 14.0. The second kappa shape index (κ2) is 5.02. The highest BCUT2D eigenvalue weighted by molar-refractivity contribution is 7.89. The lowest BCUT2D eigenvalue weighted by atomic mass is 10.2. The molecule has 0 saturated carbocycles. The summed E-state index contributed by atoms with van der Waals surface area (Å²) in [6.45, 7) is 1.79. The van der Waals surface area contributed by atoms with Gasteiger partial charge in [-0.3, -0.25) is 4.79 Å². The Morgan fingerprint density at radius 2 is 1.89 bits per heavy atom. The van der Waals surface area contributed by atoms with Crippen molar-refractivity contribution in [1.29, 1.82) is 0 Å². The zero-order valence-electron chi connectivity index (χ0n) is 9.99. The van der Waals surface area contributed by atoms with Crippen molar-refractivity contribution >= 4 is 27.4 Å². The summed E-state index contributed by atoms with van der Waals surface area (Å²) in [6, 6.07) is 9.08. The number of thiophene rings is 1. The first-order valence-electron chi connectivity index (χ1n) is 5.30. The van der Waals surface area contributed by atoms with E-state index in [0.717, 1.165) is 16.2 Å². The van der Waals surface area contributed by atoms with Crippen LogP contribution in [0.5, 0.6) is 5.75 Å². The van der Waals surface area contributed by atoms with E-state index >= 15 is 0 Å². The van der Waals surface area contributed by atoms with Crippen LogP contribution in [0.3, 0.4) is 0 Å². The monoisotopic (exact) mass is 297 g/mol. The minimum absolute atomic E-state index is 0.0272. The maximum absolute atomic E-state index is 12.0. The molecule has 0 aliphatic rings. The number of hydrogen-bond donors (Lipinski definition) is 1. The van der Waals surface area contributed by atoms with Gasteiger partial charge in [0.25, 0.3) is 5.91 Å². The number of para-hydroxylation sites is 1. The molecule has 1 aromatic heterocycles. The third-order valence-electron chi connectivity index (χ3n) is 2.31. The number of carbonyl (C=O) groups excluding carboxylic acids is 1. The van der Waals surface area contributed by atoms with Gasteiger partial charge in [-0.25, -0.2) is 0 Å². The van der Waals surface area contributed by atoms with Gasteiger partial charge in [0.05, 0.1) is 5.56 Å². The van der Waals surface area contributed by atoms with Gasteiger partial charge in [-0.05, 0) is 31.2 Å². The van der Waals surface area contributed by atoms with Crippen molar-refractivity contribution in [2.45, 2.75) is 11.1 Å². The molecule has 0 spiro atoms. The molecule has 0 aliphatic heterocycles. The van der Waals surface area contributed by atoms with Crippen LogP contribution in [-0.2, 0) is 10.1 Å². The highest BCUT2D eigenvalue weighted by atomic mass is 32.3. The summed E-state index contributed by atoms with van der Waals surface area (Å²) >= 11 is 1.10. The predicted octanol–water partition coefficient (Wildman–Crippen LogP) is 1.92. The summed E-state index contributed by atoms with van der Waals surface area (Å²) in [5.41, 5.74) is 5.19. The molecule has 0 bridgehead atoms. The summed E-state index contributed by atoms with van der Waals surface area (Å²) in [7, 11) is -3.94. The Balaban J connectivity index is 2.39. The first kappa shape index (κ1) is 13.6. The van der Waals surface area contributed by atoms with Gasteiger partial charge in [0.15, 0.2) is 9.96 Å². The molecule has 19 heavy (non-hydrogen) atoms. The van der Waals surface area contributed by atoms with E-state index in [0.29, 0.717) is 0 Å². The number of amides is 1. The Labute approximate surface area is 114 Å². The van der Waals surface area contributed by atoms with E-state index < -0.39 is 16.0 Å². The van der Waals surface area contributed by atoms with Crippen LogP contribution in [-0.4, -0.2) is 14.3 Å². The molecule has 0 radical (unpaired) electrons. The van der Waals surface area contributed by atoms with Crippen molar-refractivity contribution in [1.82, 2.24) is 0 Å². The average molecular weight is 297 g/mol. The van der Waals surface area contributed by atoms with Crippen molar-refractivity contribution in [3.8, 4) is 5.75 Å². The van der Waals surface area contributed by atoms with Crippen molar-refractivity contribution in [3.63, 3.8) is 0 Å². The topological polar surface area (TPSA) is 86.5 Å². The number of carbonyl (C=O) groups is 1. The molecule has 2 N–H and O–H groups in total. The fourth-order valence-electron chi connectivity index (χ4n) is 1.45. The van der Waals surface area contributed by atoms with E-state index in [1.54, 1.807) is 25.1 Å². The van der Waals surface area contributed by atoms with Crippen LogP contribution in [0.1, 0.15) is 15.2 Å².